The first-order chi connectivity index (χ1) is 17.6. The Labute approximate surface area is 211 Å². The number of rotatable bonds is 13. The Hall–Kier alpha value is -4.06. The number of allylic oxidation sites excluding steroid dienone is 1. The van der Waals surface area contributed by atoms with Gasteiger partial charge in [-0.3, -0.25) is 9.59 Å². The number of carbonyl (C=O) groups excluding carboxylic acids is 2. The first-order valence-corrected chi connectivity index (χ1v) is 12.2. The molecule has 0 spiro atoms. The summed E-state index contributed by atoms with van der Waals surface area (Å²) in [7, 11) is 0. The lowest BCUT2D eigenvalue weighted by atomic mass is 10.1. The minimum atomic E-state index is -0.0729. The van der Waals surface area contributed by atoms with Crippen LogP contribution in [0.4, 0.5) is 0 Å². The van der Waals surface area contributed by atoms with Crippen LogP contribution in [-0.4, -0.2) is 31.6 Å². The Morgan fingerprint density at radius 3 is 1.94 bits per heavy atom. The minimum Gasteiger partial charge on any atom is -0.494 e. The number of hydrogen-bond donors (Lipinski definition) is 0. The molecule has 0 unspecified atom stereocenters. The third-order valence-corrected chi connectivity index (χ3v) is 5.80. The van der Waals surface area contributed by atoms with Crippen molar-refractivity contribution in [2.75, 3.05) is 20.0 Å². The largest absolute Gasteiger partial charge is 0.494 e. The molecule has 0 aromatic heterocycles. The second-order valence-corrected chi connectivity index (χ2v) is 8.53. The number of ether oxygens (including phenoxy) is 4. The fourth-order valence-corrected chi connectivity index (χ4v) is 3.72. The van der Waals surface area contributed by atoms with Crippen LogP contribution in [0, 0.1) is 0 Å². The van der Waals surface area contributed by atoms with Gasteiger partial charge in [0.15, 0.2) is 23.1 Å². The van der Waals surface area contributed by atoms with Gasteiger partial charge in [0.05, 0.1) is 13.2 Å². The lowest BCUT2D eigenvalue weighted by Gasteiger charge is -2.08. The van der Waals surface area contributed by atoms with E-state index in [4.69, 9.17) is 18.9 Å². The molecule has 36 heavy (non-hydrogen) atoms. The standard InChI is InChI=1S/C30H30O6/c1-22(31)24-8-12-26(13-9-24)33-18-4-2-3-5-19-34-27-14-10-25(11-15-27)28(32)16-6-23-7-17-29-30(20-23)36-21-35-29/h6-17,20H,2-5,18-19,21H2,1H3/b16-6+. The van der Waals surface area contributed by atoms with Gasteiger partial charge in [0.2, 0.25) is 6.79 Å². The van der Waals surface area contributed by atoms with Crippen molar-refractivity contribution in [3.05, 3.63) is 89.5 Å². The highest BCUT2D eigenvalue weighted by molar-refractivity contribution is 6.06. The zero-order valence-corrected chi connectivity index (χ0v) is 20.4. The van der Waals surface area contributed by atoms with Crippen LogP contribution >= 0.6 is 0 Å². The van der Waals surface area contributed by atoms with Crippen LogP contribution in [0.25, 0.3) is 6.08 Å². The summed E-state index contributed by atoms with van der Waals surface area (Å²) in [4.78, 5) is 23.8. The summed E-state index contributed by atoms with van der Waals surface area (Å²) in [6.07, 6.45) is 7.34. The maximum atomic E-state index is 12.5. The first kappa shape index (κ1) is 25.0. The molecule has 4 rings (SSSR count). The SMILES string of the molecule is CC(=O)c1ccc(OCCCCCCOc2ccc(C(=O)/C=C/c3ccc4c(c3)OCO4)cc2)cc1. The molecule has 0 fully saturated rings. The molecule has 0 N–H and O–H groups in total. The summed E-state index contributed by atoms with van der Waals surface area (Å²) in [5, 5.41) is 0. The molecule has 1 heterocycles. The normalized spacial score (nSPS) is 12.0. The van der Waals surface area contributed by atoms with E-state index in [1.165, 1.54) is 0 Å². The Morgan fingerprint density at radius 2 is 1.33 bits per heavy atom. The van der Waals surface area contributed by atoms with Gasteiger partial charge in [-0.05, 0) is 105 Å². The van der Waals surface area contributed by atoms with Crippen LogP contribution in [0.1, 0.15) is 58.9 Å². The number of ketones is 2. The topological polar surface area (TPSA) is 71.1 Å². The summed E-state index contributed by atoms with van der Waals surface area (Å²) >= 11 is 0. The summed E-state index contributed by atoms with van der Waals surface area (Å²) in [5.41, 5.74) is 2.18. The fourth-order valence-electron chi connectivity index (χ4n) is 3.72. The van der Waals surface area contributed by atoms with Crippen LogP contribution in [-0.2, 0) is 0 Å². The van der Waals surface area contributed by atoms with E-state index in [1.54, 1.807) is 43.3 Å². The van der Waals surface area contributed by atoms with Gasteiger partial charge < -0.3 is 18.9 Å². The van der Waals surface area contributed by atoms with E-state index in [1.807, 2.05) is 42.5 Å². The molecular formula is C30H30O6. The zero-order valence-electron chi connectivity index (χ0n) is 20.4. The molecular weight excluding hydrogens is 456 g/mol. The molecule has 3 aromatic carbocycles. The van der Waals surface area contributed by atoms with E-state index in [9.17, 15) is 9.59 Å². The zero-order chi connectivity index (χ0) is 25.2. The Morgan fingerprint density at radius 1 is 0.750 bits per heavy atom. The second kappa shape index (κ2) is 12.6. The van der Waals surface area contributed by atoms with Crippen molar-refractivity contribution < 1.29 is 28.5 Å². The van der Waals surface area contributed by atoms with E-state index in [0.717, 1.165) is 48.5 Å². The van der Waals surface area contributed by atoms with Gasteiger partial charge in [-0.25, -0.2) is 0 Å². The lowest BCUT2D eigenvalue weighted by molar-refractivity contribution is 0.101. The quantitative estimate of drug-likeness (QED) is 0.155. The van der Waals surface area contributed by atoms with Crippen molar-refractivity contribution in [1.82, 2.24) is 0 Å². The summed E-state index contributed by atoms with van der Waals surface area (Å²) in [6.45, 7) is 3.06. The molecule has 6 nitrogen and oxygen atoms in total. The Kier molecular flexibility index (Phi) is 8.76. The number of carbonyl (C=O) groups is 2. The highest BCUT2D eigenvalue weighted by atomic mass is 16.7. The lowest BCUT2D eigenvalue weighted by Crippen LogP contribution is -2.00. The number of fused-ring (bicyclic) bond motifs is 1. The van der Waals surface area contributed by atoms with Gasteiger partial charge in [-0.15, -0.1) is 0 Å². The van der Waals surface area contributed by atoms with Crippen LogP contribution in [0.2, 0.25) is 0 Å². The molecule has 0 radical (unpaired) electrons. The average Bonchev–Trinajstić information content (AvgIpc) is 3.37. The molecule has 3 aromatic rings. The van der Waals surface area contributed by atoms with Gasteiger partial charge in [0, 0.05) is 11.1 Å². The molecule has 0 bridgehead atoms. The van der Waals surface area contributed by atoms with Crippen LogP contribution in [0.5, 0.6) is 23.0 Å². The van der Waals surface area contributed by atoms with E-state index in [0.29, 0.717) is 30.1 Å². The van der Waals surface area contributed by atoms with E-state index in [-0.39, 0.29) is 18.4 Å². The van der Waals surface area contributed by atoms with Crippen LogP contribution < -0.4 is 18.9 Å². The number of Topliss-reactive ketones (excluding diaryl/α,β-unsaturated/α-hetero) is 1. The number of hydrogen-bond acceptors (Lipinski definition) is 6. The second-order valence-electron chi connectivity index (χ2n) is 8.53. The summed E-state index contributed by atoms with van der Waals surface area (Å²) in [6, 6.07) is 20.0. The molecule has 1 aliphatic rings. The summed E-state index contributed by atoms with van der Waals surface area (Å²) in [5.74, 6) is 2.93. The smallest absolute Gasteiger partial charge is 0.231 e. The van der Waals surface area contributed by atoms with Crippen molar-refractivity contribution >= 4 is 17.6 Å². The van der Waals surface area contributed by atoms with Crippen molar-refractivity contribution in [1.29, 1.82) is 0 Å². The highest BCUT2D eigenvalue weighted by Crippen LogP contribution is 2.32. The van der Waals surface area contributed by atoms with E-state index >= 15 is 0 Å². The number of unbranched alkanes of at least 4 members (excludes halogenated alkanes) is 3. The fraction of sp³-hybridized carbons (Fsp3) is 0.267. The monoisotopic (exact) mass is 486 g/mol. The molecule has 186 valence electrons. The highest BCUT2D eigenvalue weighted by Gasteiger charge is 2.12. The van der Waals surface area contributed by atoms with Gasteiger partial charge >= 0.3 is 0 Å². The van der Waals surface area contributed by atoms with Gasteiger partial charge in [-0.1, -0.05) is 12.1 Å². The predicted octanol–water partition coefficient (Wildman–Crippen LogP) is 6.53. The van der Waals surface area contributed by atoms with Crippen LogP contribution in [0.15, 0.2) is 72.8 Å². The summed E-state index contributed by atoms with van der Waals surface area (Å²) < 4.78 is 22.2. The molecule has 1 aliphatic heterocycles. The number of benzene rings is 3. The van der Waals surface area contributed by atoms with Gasteiger partial charge in [-0.2, -0.15) is 0 Å². The van der Waals surface area contributed by atoms with Crippen molar-refractivity contribution in [3.8, 4) is 23.0 Å². The molecule has 0 atom stereocenters. The van der Waals surface area contributed by atoms with E-state index < -0.39 is 0 Å². The van der Waals surface area contributed by atoms with Crippen LogP contribution in [0.3, 0.4) is 0 Å². The molecule has 0 aliphatic carbocycles. The maximum absolute atomic E-state index is 12.5. The molecule has 0 saturated heterocycles. The van der Waals surface area contributed by atoms with E-state index in [2.05, 4.69) is 0 Å². The predicted molar refractivity (Wildman–Crippen MR) is 138 cm³/mol. The third-order valence-electron chi connectivity index (χ3n) is 5.80. The third kappa shape index (κ3) is 7.22. The van der Waals surface area contributed by atoms with Crippen molar-refractivity contribution in [3.63, 3.8) is 0 Å². The Bertz CT molecular complexity index is 1200. The van der Waals surface area contributed by atoms with Gasteiger partial charge in [0.1, 0.15) is 11.5 Å². The van der Waals surface area contributed by atoms with Gasteiger partial charge in [0.25, 0.3) is 0 Å². The first-order valence-electron chi connectivity index (χ1n) is 12.2. The van der Waals surface area contributed by atoms with Crippen molar-refractivity contribution in [2.24, 2.45) is 0 Å². The molecule has 0 amide bonds. The maximum Gasteiger partial charge on any atom is 0.231 e. The van der Waals surface area contributed by atoms with Crippen molar-refractivity contribution in [2.45, 2.75) is 32.6 Å². The minimum absolute atomic E-state index is 0.0548. The molecule has 0 saturated carbocycles. The molecule has 6 heteroatoms. The average molecular weight is 487 g/mol. The Balaban J connectivity index is 1.10.